The Labute approximate surface area is 233 Å². The van der Waals surface area contributed by atoms with E-state index in [2.05, 4.69) is 16.1 Å². The number of sulfonamides is 1. The van der Waals surface area contributed by atoms with E-state index in [-0.39, 0.29) is 63.3 Å². The number of carbonyl (C=O) groups is 2. The summed E-state index contributed by atoms with van der Waals surface area (Å²) in [5, 5.41) is 2.30. The summed E-state index contributed by atoms with van der Waals surface area (Å²) < 4.78 is 28.0. The topological polar surface area (TPSA) is 95.6 Å². The minimum atomic E-state index is -3.77. The number of hydrogen-bond acceptors (Lipinski definition) is 4. The van der Waals surface area contributed by atoms with Gasteiger partial charge in [-0.05, 0) is 93.4 Å². The summed E-state index contributed by atoms with van der Waals surface area (Å²) >= 11 is 0. The average molecular weight is 487 g/mol. The number of amides is 3. The first-order valence-electron chi connectivity index (χ1n) is 11.6. The van der Waals surface area contributed by atoms with Gasteiger partial charge in [-0.3, -0.25) is 4.79 Å². The van der Waals surface area contributed by atoms with Gasteiger partial charge in [0.25, 0.3) is 0 Å². The maximum absolute atomic E-state index is 12.9. The van der Waals surface area contributed by atoms with Gasteiger partial charge in [0.1, 0.15) is 0 Å². The Kier molecular flexibility index (Phi) is 8.88. The van der Waals surface area contributed by atoms with E-state index in [1.807, 2.05) is 6.92 Å². The molecule has 171 valence electrons. The summed E-state index contributed by atoms with van der Waals surface area (Å²) in [6, 6.07) is 1.71. The number of anilines is 1. The standard InChI is InChI=1S/C23H33N3O4S.K/c1-3-26(15(2)27)18-10-12-19(13-11-18)31(29,30)25-23(28)24-22-20-8-4-6-16(20)14-17-7-5-9-21(17)22;/h14,18-19H,3-13H2,1-2H3,(H2,24,25,28);. The molecule has 1 fully saturated rings. The molecule has 1 aromatic carbocycles. The van der Waals surface area contributed by atoms with Gasteiger partial charge >= 0.3 is 6.03 Å². The molecule has 0 heterocycles. The van der Waals surface area contributed by atoms with Gasteiger partial charge in [0, 0.05) is 76.6 Å². The van der Waals surface area contributed by atoms with E-state index in [1.54, 1.807) is 11.8 Å². The first-order chi connectivity index (χ1) is 14.8. The summed E-state index contributed by atoms with van der Waals surface area (Å²) in [4.78, 5) is 26.3. The molecule has 3 aliphatic rings. The van der Waals surface area contributed by atoms with Gasteiger partial charge in [-0.15, -0.1) is 0 Å². The van der Waals surface area contributed by atoms with Crippen molar-refractivity contribution in [3.05, 3.63) is 28.3 Å². The molecular weight excluding hydrogens is 453 g/mol. The number of nitrogens with zero attached hydrogens (tertiary/aromatic N) is 1. The van der Waals surface area contributed by atoms with Gasteiger partial charge in [0.15, 0.2) is 0 Å². The average Bonchev–Trinajstić information content (AvgIpc) is 3.37. The minimum Gasteiger partial charge on any atom is -0.340 e. The van der Waals surface area contributed by atoms with Gasteiger partial charge in [-0.2, -0.15) is 0 Å². The monoisotopic (exact) mass is 486 g/mol. The van der Waals surface area contributed by atoms with Crippen LogP contribution in [0.3, 0.4) is 0 Å². The Morgan fingerprint density at radius 2 is 1.56 bits per heavy atom. The molecule has 1 radical (unpaired) electrons. The first-order valence-corrected chi connectivity index (χ1v) is 13.1. The second-order valence-corrected chi connectivity index (χ2v) is 11.0. The van der Waals surface area contributed by atoms with E-state index in [0.29, 0.717) is 32.2 Å². The Hall–Kier alpha value is -0.454. The Morgan fingerprint density at radius 1 is 1.00 bits per heavy atom. The number of rotatable bonds is 5. The van der Waals surface area contributed by atoms with Crippen LogP contribution in [-0.2, 0) is 40.5 Å². The SMILES string of the molecule is CCN(C(C)=O)C1CCC(S(=O)(=O)NC(=O)Nc2c3c(cc4c2CCC4)CCC3)CC1.[K]. The third kappa shape index (κ3) is 5.44. The molecule has 2 N–H and O–H groups in total. The number of nitrogens with one attached hydrogen (secondary N) is 2. The van der Waals surface area contributed by atoms with Gasteiger partial charge in [-0.25, -0.2) is 17.9 Å². The fourth-order valence-corrected chi connectivity index (χ4v) is 7.09. The summed E-state index contributed by atoms with van der Waals surface area (Å²) in [7, 11) is -3.77. The van der Waals surface area contributed by atoms with Crippen molar-refractivity contribution in [3.63, 3.8) is 0 Å². The minimum absolute atomic E-state index is 0. The van der Waals surface area contributed by atoms with Crippen molar-refractivity contribution < 1.29 is 18.0 Å². The van der Waals surface area contributed by atoms with Gasteiger partial charge < -0.3 is 10.2 Å². The zero-order valence-corrected chi connectivity index (χ0v) is 23.4. The van der Waals surface area contributed by atoms with Crippen LogP contribution in [0.15, 0.2) is 6.07 Å². The molecule has 3 aliphatic carbocycles. The third-order valence-electron chi connectivity index (χ3n) is 7.22. The van der Waals surface area contributed by atoms with E-state index in [0.717, 1.165) is 44.2 Å². The van der Waals surface area contributed by atoms with Crippen LogP contribution in [0.2, 0.25) is 0 Å². The van der Waals surface area contributed by atoms with E-state index in [9.17, 15) is 18.0 Å². The van der Waals surface area contributed by atoms with Crippen molar-refractivity contribution in [1.82, 2.24) is 9.62 Å². The Morgan fingerprint density at radius 3 is 2.06 bits per heavy atom. The van der Waals surface area contributed by atoms with E-state index in [4.69, 9.17) is 0 Å². The van der Waals surface area contributed by atoms with Crippen LogP contribution in [0, 0.1) is 0 Å². The van der Waals surface area contributed by atoms with Gasteiger partial charge in [-0.1, -0.05) is 6.07 Å². The predicted molar refractivity (Wildman–Crippen MR) is 126 cm³/mol. The largest absolute Gasteiger partial charge is 0.340 e. The van der Waals surface area contributed by atoms with E-state index < -0.39 is 21.3 Å². The molecule has 7 nitrogen and oxygen atoms in total. The summed E-state index contributed by atoms with van der Waals surface area (Å²) in [5.74, 6) is 0.0224. The van der Waals surface area contributed by atoms with Crippen molar-refractivity contribution in [1.29, 1.82) is 0 Å². The molecule has 1 saturated carbocycles. The quantitative estimate of drug-likeness (QED) is 0.626. The van der Waals surface area contributed by atoms with Crippen LogP contribution in [0.25, 0.3) is 0 Å². The zero-order chi connectivity index (χ0) is 22.2. The predicted octanol–water partition coefficient (Wildman–Crippen LogP) is 2.91. The van der Waals surface area contributed by atoms with E-state index >= 15 is 0 Å². The van der Waals surface area contributed by atoms with Crippen molar-refractivity contribution >= 4 is 79.0 Å². The smallest absolute Gasteiger partial charge is 0.332 e. The molecule has 4 rings (SSSR count). The fraction of sp³-hybridized carbons (Fsp3) is 0.652. The number of carbonyl (C=O) groups excluding carboxylic acids is 2. The van der Waals surface area contributed by atoms with Crippen LogP contribution in [0.4, 0.5) is 10.5 Å². The van der Waals surface area contributed by atoms with Crippen LogP contribution < -0.4 is 10.0 Å². The number of aryl methyl sites for hydroxylation is 2. The number of hydrogen-bond donors (Lipinski definition) is 2. The van der Waals surface area contributed by atoms with Crippen LogP contribution >= 0.6 is 0 Å². The van der Waals surface area contributed by atoms with Crippen molar-refractivity contribution in [2.45, 2.75) is 89.3 Å². The summed E-state index contributed by atoms with van der Waals surface area (Å²) in [6.45, 7) is 4.12. The number of fused-ring (bicyclic) bond motifs is 2. The Bertz CT molecular complexity index is 955. The molecule has 0 saturated heterocycles. The molecule has 9 heteroatoms. The van der Waals surface area contributed by atoms with Crippen LogP contribution in [0.5, 0.6) is 0 Å². The maximum atomic E-state index is 12.9. The number of benzene rings is 1. The van der Waals surface area contributed by atoms with E-state index in [1.165, 1.54) is 22.3 Å². The van der Waals surface area contributed by atoms with Crippen molar-refractivity contribution in [3.8, 4) is 0 Å². The van der Waals surface area contributed by atoms with Crippen molar-refractivity contribution in [2.75, 3.05) is 11.9 Å². The number of urea groups is 1. The van der Waals surface area contributed by atoms with Gasteiger partial charge in [0.2, 0.25) is 15.9 Å². The van der Waals surface area contributed by atoms with Gasteiger partial charge in [0.05, 0.1) is 5.25 Å². The molecule has 0 aromatic heterocycles. The molecule has 0 aliphatic heterocycles. The molecular formula is C23H33KN3O4S. The van der Waals surface area contributed by atoms with Crippen molar-refractivity contribution in [2.24, 2.45) is 0 Å². The molecule has 32 heavy (non-hydrogen) atoms. The molecule has 0 spiro atoms. The molecule has 0 unspecified atom stereocenters. The summed E-state index contributed by atoms with van der Waals surface area (Å²) in [6.07, 6.45) is 8.24. The zero-order valence-electron chi connectivity index (χ0n) is 19.5. The Balaban J connectivity index is 0.00000289. The first kappa shape index (κ1) is 26.2. The fourth-order valence-electron chi connectivity index (χ4n) is 5.72. The molecule has 3 amide bonds. The molecule has 0 bridgehead atoms. The summed E-state index contributed by atoms with van der Waals surface area (Å²) in [5.41, 5.74) is 5.79. The third-order valence-corrected chi connectivity index (χ3v) is 9.03. The molecule has 0 atom stereocenters. The molecule has 1 aromatic rings. The second-order valence-electron chi connectivity index (χ2n) is 9.07. The van der Waals surface area contributed by atoms with Crippen LogP contribution in [0.1, 0.15) is 74.6 Å². The maximum Gasteiger partial charge on any atom is 0.332 e. The normalized spacial score (nSPS) is 21.8. The second kappa shape index (κ2) is 10.9. The van der Waals surface area contributed by atoms with Crippen LogP contribution in [-0.4, -0.2) is 94.5 Å².